The maximum absolute atomic E-state index is 12.2. The molecule has 0 radical (unpaired) electrons. The van der Waals surface area contributed by atoms with E-state index < -0.39 is 41.9 Å². The normalized spacial score (nSPS) is 14.3. The summed E-state index contributed by atoms with van der Waals surface area (Å²) in [6, 6.07) is 16.8. The largest absolute Gasteiger partial charge is 0.461 e. The molecule has 0 unspecified atom stereocenters. The molecule has 0 saturated carbocycles. The standard InChI is InChI=1S/C17H25NO5.C13H18O3/c1-11(2)22-15(20)13(18-16(21)23-17(3,4)5)14(19)12-9-7-6-8-10-12;1-9(2)16-13(15)12(14)10(3)11-7-5-4-6-8-11/h6-11,13-14,19H,1-5H3,(H,18,21);4-10,12,14H,1-3H3/t13-,14+;10-,12+/m01/s1. The number of carbonyl (C=O) groups excluding carboxylic acids is 3. The predicted molar refractivity (Wildman–Crippen MR) is 148 cm³/mol. The molecule has 1 amide bonds. The van der Waals surface area contributed by atoms with E-state index in [0.29, 0.717) is 5.56 Å². The number of esters is 2. The van der Waals surface area contributed by atoms with E-state index in [1.165, 1.54) is 0 Å². The van der Waals surface area contributed by atoms with E-state index >= 15 is 0 Å². The number of carbonyl (C=O) groups is 3. The minimum atomic E-state index is -1.25. The fraction of sp³-hybridized carbons (Fsp3) is 0.500. The Kier molecular flexibility index (Phi) is 13.7. The van der Waals surface area contributed by atoms with Gasteiger partial charge < -0.3 is 29.7 Å². The molecule has 0 aliphatic rings. The van der Waals surface area contributed by atoms with E-state index in [1.54, 1.807) is 78.8 Å². The summed E-state index contributed by atoms with van der Waals surface area (Å²) < 4.78 is 15.2. The lowest BCUT2D eigenvalue weighted by atomic mass is 9.95. The summed E-state index contributed by atoms with van der Waals surface area (Å²) >= 11 is 0. The molecule has 2 aromatic carbocycles. The first-order valence-electron chi connectivity index (χ1n) is 13.0. The second-order valence-electron chi connectivity index (χ2n) is 10.6. The number of amides is 1. The van der Waals surface area contributed by atoms with Crippen LogP contribution in [0.4, 0.5) is 4.79 Å². The van der Waals surface area contributed by atoms with Gasteiger partial charge in [0.2, 0.25) is 0 Å². The van der Waals surface area contributed by atoms with E-state index in [4.69, 9.17) is 14.2 Å². The lowest BCUT2D eigenvalue weighted by Gasteiger charge is -2.26. The molecular formula is C30H43NO8. The molecule has 2 rings (SSSR count). The molecule has 0 saturated heterocycles. The van der Waals surface area contributed by atoms with Crippen LogP contribution in [0.1, 0.15) is 78.5 Å². The van der Waals surface area contributed by atoms with Crippen LogP contribution in [0, 0.1) is 0 Å². The quantitative estimate of drug-likeness (QED) is 0.306. The van der Waals surface area contributed by atoms with Crippen molar-refractivity contribution in [3.05, 3.63) is 71.8 Å². The van der Waals surface area contributed by atoms with E-state index in [-0.39, 0.29) is 18.1 Å². The molecule has 0 bridgehead atoms. The first-order valence-corrected chi connectivity index (χ1v) is 13.0. The van der Waals surface area contributed by atoms with Gasteiger partial charge in [0.25, 0.3) is 0 Å². The van der Waals surface area contributed by atoms with Crippen molar-refractivity contribution in [2.75, 3.05) is 0 Å². The second-order valence-corrected chi connectivity index (χ2v) is 10.6. The van der Waals surface area contributed by atoms with Gasteiger partial charge in [-0.05, 0) is 59.6 Å². The number of rotatable bonds is 9. The van der Waals surface area contributed by atoms with Gasteiger partial charge in [0.05, 0.1) is 12.2 Å². The zero-order chi connectivity index (χ0) is 29.8. The Labute approximate surface area is 231 Å². The average molecular weight is 546 g/mol. The molecule has 9 heteroatoms. The molecule has 2 aromatic rings. The van der Waals surface area contributed by atoms with Gasteiger partial charge in [0, 0.05) is 5.92 Å². The molecule has 0 spiro atoms. The van der Waals surface area contributed by atoms with Gasteiger partial charge in [0.15, 0.2) is 12.1 Å². The highest BCUT2D eigenvalue weighted by Crippen LogP contribution is 2.20. The van der Waals surface area contributed by atoms with Gasteiger partial charge in [-0.15, -0.1) is 0 Å². The molecule has 4 atom stereocenters. The summed E-state index contributed by atoms with van der Waals surface area (Å²) in [7, 11) is 0. The summed E-state index contributed by atoms with van der Waals surface area (Å²) in [6.07, 6.45) is -3.71. The third-order valence-corrected chi connectivity index (χ3v) is 5.13. The molecule has 0 aliphatic carbocycles. The van der Waals surface area contributed by atoms with Gasteiger partial charge in [0.1, 0.15) is 11.7 Å². The Balaban J connectivity index is 0.000000416. The van der Waals surface area contributed by atoms with Crippen LogP contribution in [-0.2, 0) is 23.8 Å². The Bertz CT molecular complexity index is 1020. The van der Waals surface area contributed by atoms with Gasteiger partial charge >= 0.3 is 18.0 Å². The molecule has 0 aliphatic heterocycles. The molecular weight excluding hydrogens is 502 g/mol. The number of aliphatic hydroxyl groups excluding tert-OH is 2. The van der Waals surface area contributed by atoms with E-state index in [2.05, 4.69) is 5.32 Å². The van der Waals surface area contributed by atoms with Gasteiger partial charge in [-0.3, -0.25) is 0 Å². The van der Waals surface area contributed by atoms with E-state index in [1.807, 2.05) is 37.3 Å². The Morgan fingerprint density at radius 1 is 0.718 bits per heavy atom. The number of hydrogen-bond donors (Lipinski definition) is 3. The fourth-order valence-corrected chi connectivity index (χ4v) is 3.29. The highest BCUT2D eigenvalue weighted by molar-refractivity contribution is 5.82. The van der Waals surface area contributed by atoms with Crippen molar-refractivity contribution >= 4 is 18.0 Å². The van der Waals surface area contributed by atoms with E-state index in [0.717, 1.165) is 5.56 Å². The van der Waals surface area contributed by atoms with Crippen LogP contribution in [0.15, 0.2) is 60.7 Å². The minimum absolute atomic E-state index is 0.204. The van der Waals surface area contributed by atoms with Crippen LogP contribution in [0.2, 0.25) is 0 Å². The lowest BCUT2D eigenvalue weighted by molar-refractivity contribution is -0.158. The number of alkyl carbamates (subject to hydrolysis) is 1. The average Bonchev–Trinajstić information content (AvgIpc) is 2.85. The first kappa shape index (κ1) is 33.6. The third-order valence-electron chi connectivity index (χ3n) is 5.13. The van der Waals surface area contributed by atoms with Crippen molar-refractivity contribution < 1.29 is 38.8 Å². The second kappa shape index (κ2) is 15.9. The summed E-state index contributed by atoms with van der Waals surface area (Å²) in [6.45, 7) is 13.8. The zero-order valence-corrected chi connectivity index (χ0v) is 24.1. The summed E-state index contributed by atoms with van der Waals surface area (Å²) in [5.74, 6) is -1.54. The smallest absolute Gasteiger partial charge is 0.408 e. The van der Waals surface area contributed by atoms with Crippen LogP contribution in [-0.4, -0.2) is 58.2 Å². The Hall–Kier alpha value is -3.43. The van der Waals surface area contributed by atoms with Crippen LogP contribution in [0.25, 0.3) is 0 Å². The third kappa shape index (κ3) is 12.8. The molecule has 0 aromatic heterocycles. The molecule has 9 nitrogen and oxygen atoms in total. The maximum Gasteiger partial charge on any atom is 0.408 e. The van der Waals surface area contributed by atoms with Gasteiger partial charge in [-0.1, -0.05) is 67.6 Å². The zero-order valence-electron chi connectivity index (χ0n) is 24.1. The molecule has 216 valence electrons. The van der Waals surface area contributed by atoms with Crippen molar-refractivity contribution in [1.82, 2.24) is 5.32 Å². The van der Waals surface area contributed by atoms with Crippen LogP contribution >= 0.6 is 0 Å². The predicted octanol–water partition coefficient (Wildman–Crippen LogP) is 4.67. The number of ether oxygens (including phenoxy) is 3. The molecule has 0 fully saturated rings. The van der Waals surface area contributed by atoms with Crippen LogP contribution < -0.4 is 5.32 Å². The van der Waals surface area contributed by atoms with Crippen molar-refractivity contribution in [3.8, 4) is 0 Å². The minimum Gasteiger partial charge on any atom is -0.461 e. The van der Waals surface area contributed by atoms with Gasteiger partial charge in [-0.25, -0.2) is 14.4 Å². The Morgan fingerprint density at radius 3 is 1.59 bits per heavy atom. The van der Waals surface area contributed by atoms with Gasteiger partial charge in [-0.2, -0.15) is 0 Å². The number of benzene rings is 2. The monoisotopic (exact) mass is 545 g/mol. The van der Waals surface area contributed by atoms with Crippen LogP contribution in [0.3, 0.4) is 0 Å². The highest BCUT2D eigenvalue weighted by Gasteiger charge is 2.33. The van der Waals surface area contributed by atoms with Crippen LogP contribution in [0.5, 0.6) is 0 Å². The molecule has 0 heterocycles. The van der Waals surface area contributed by atoms with Crippen molar-refractivity contribution in [2.24, 2.45) is 0 Å². The Morgan fingerprint density at radius 2 is 1.15 bits per heavy atom. The molecule has 3 N–H and O–H groups in total. The SMILES string of the molecule is CC(C)OC(=O)[C@@H](NC(=O)OC(C)(C)C)[C@H](O)c1ccccc1.CC(C)OC(=O)[C@@H](O)[C@H](C)c1ccccc1. The summed E-state index contributed by atoms with van der Waals surface area (Å²) in [4.78, 5) is 35.7. The number of hydrogen-bond acceptors (Lipinski definition) is 8. The number of aliphatic hydroxyl groups is 2. The van der Waals surface area contributed by atoms with E-state index in [9.17, 15) is 24.6 Å². The topological polar surface area (TPSA) is 131 Å². The fourth-order valence-electron chi connectivity index (χ4n) is 3.29. The summed E-state index contributed by atoms with van der Waals surface area (Å²) in [5, 5.41) is 22.6. The summed E-state index contributed by atoms with van der Waals surface area (Å²) in [5.41, 5.74) is 0.707. The lowest BCUT2D eigenvalue weighted by Crippen LogP contribution is -2.48. The molecule has 39 heavy (non-hydrogen) atoms. The maximum atomic E-state index is 12.2. The first-order chi connectivity index (χ1) is 18.1. The van der Waals surface area contributed by atoms with Crippen molar-refractivity contribution in [3.63, 3.8) is 0 Å². The highest BCUT2D eigenvalue weighted by atomic mass is 16.6. The van der Waals surface area contributed by atoms with Crippen molar-refractivity contribution in [2.45, 2.75) is 97.4 Å². The number of nitrogens with one attached hydrogen (secondary N) is 1. The van der Waals surface area contributed by atoms with Crippen molar-refractivity contribution in [1.29, 1.82) is 0 Å².